The molecule has 8 atom stereocenters. The Morgan fingerprint density at radius 2 is 1.03 bits per heavy atom. The smallest absolute Gasteiger partial charge is 0.307 e. The third-order valence-electron chi connectivity index (χ3n) is 9.39. The van der Waals surface area contributed by atoms with Crippen LogP contribution in [0.4, 0.5) is 0 Å². The van der Waals surface area contributed by atoms with Gasteiger partial charge in [-0.1, -0.05) is 13.8 Å². The second-order valence-corrected chi connectivity index (χ2v) is 15.8. The number of aliphatic carboxylic acids is 2. The van der Waals surface area contributed by atoms with Gasteiger partial charge in [0, 0.05) is 12.1 Å². The molecule has 0 saturated heterocycles. The first-order valence-corrected chi connectivity index (χ1v) is 15.3. The monoisotopic (exact) mass is 518 g/mol. The molecule has 0 bridgehead atoms. The van der Waals surface area contributed by atoms with E-state index in [1.807, 2.05) is 13.8 Å². The van der Waals surface area contributed by atoms with E-state index in [1.54, 1.807) is 0 Å². The van der Waals surface area contributed by atoms with E-state index in [4.69, 9.17) is 10.2 Å². The summed E-state index contributed by atoms with van der Waals surface area (Å²) in [6.45, 7) is 3.92. The summed E-state index contributed by atoms with van der Waals surface area (Å²) in [5, 5.41) is 17.8. The summed E-state index contributed by atoms with van der Waals surface area (Å²) in [5.74, 6) is -1.92. The summed E-state index contributed by atoms with van der Waals surface area (Å²) >= 11 is 0. The highest BCUT2D eigenvalue weighted by Crippen LogP contribution is 2.67. The van der Waals surface area contributed by atoms with E-state index < -0.39 is 32.0 Å². The van der Waals surface area contributed by atoms with Crippen LogP contribution in [0.25, 0.3) is 0 Å². The Labute approximate surface area is 200 Å². The summed E-state index contributed by atoms with van der Waals surface area (Å²) in [6, 6.07) is -0.321. The number of sulfonamides is 2. The van der Waals surface area contributed by atoms with Crippen molar-refractivity contribution in [1.29, 1.82) is 0 Å². The minimum atomic E-state index is -3.20. The zero-order valence-electron chi connectivity index (χ0n) is 19.4. The second kappa shape index (κ2) is 7.63. The average Bonchev–Trinajstić information content (AvgIpc) is 3.55. The summed E-state index contributed by atoms with van der Waals surface area (Å²) in [5.41, 5.74) is -0.356. The van der Waals surface area contributed by atoms with Gasteiger partial charge in [0.2, 0.25) is 20.0 Å². The van der Waals surface area contributed by atoms with Gasteiger partial charge in [-0.3, -0.25) is 9.59 Å². The largest absolute Gasteiger partial charge is 0.481 e. The van der Waals surface area contributed by atoms with E-state index >= 15 is 0 Å². The SMILES string of the molecule is C[C@@]12C[C@@H]1[C@H](NS(=O)(=O)C1CC1)C[C@@H]2C(=O)O.C[C@]12C[C@H]1[C@@H](NS(=O)(=O)C1CC1)C[C@H]2C(=O)O. The third kappa shape index (κ3) is 4.18. The van der Waals surface area contributed by atoms with Gasteiger partial charge in [0.05, 0.1) is 22.3 Å². The van der Waals surface area contributed by atoms with Crippen molar-refractivity contribution >= 4 is 32.0 Å². The van der Waals surface area contributed by atoms with E-state index in [9.17, 15) is 26.4 Å². The maximum atomic E-state index is 11.8. The van der Waals surface area contributed by atoms with Crippen molar-refractivity contribution in [2.45, 2.75) is 87.8 Å². The highest BCUT2D eigenvalue weighted by atomic mass is 32.2. The van der Waals surface area contributed by atoms with Gasteiger partial charge in [0.25, 0.3) is 0 Å². The van der Waals surface area contributed by atoms with E-state index in [2.05, 4.69) is 9.44 Å². The molecule has 0 heterocycles. The van der Waals surface area contributed by atoms with Gasteiger partial charge in [-0.15, -0.1) is 0 Å². The van der Waals surface area contributed by atoms with E-state index in [0.29, 0.717) is 12.8 Å². The zero-order chi connectivity index (χ0) is 24.8. The summed E-state index contributed by atoms with van der Waals surface area (Å²) in [6.07, 6.45) is 5.53. The molecule has 6 aliphatic rings. The lowest BCUT2D eigenvalue weighted by molar-refractivity contribution is -0.144. The topological polar surface area (TPSA) is 167 Å². The Balaban J connectivity index is 0.000000142. The molecule has 10 nitrogen and oxygen atoms in total. The van der Waals surface area contributed by atoms with Crippen LogP contribution in [-0.2, 0) is 29.6 Å². The maximum Gasteiger partial charge on any atom is 0.307 e. The van der Waals surface area contributed by atoms with Gasteiger partial charge >= 0.3 is 11.9 Å². The predicted molar refractivity (Wildman–Crippen MR) is 122 cm³/mol. The van der Waals surface area contributed by atoms with Gasteiger partial charge < -0.3 is 10.2 Å². The predicted octanol–water partition coefficient (Wildman–Crippen LogP) is 1.14. The summed E-state index contributed by atoms with van der Waals surface area (Å²) < 4.78 is 52.8. The first-order chi connectivity index (χ1) is 15.7. The number of hydrogen-bond donors (Lipinski definition) is 4. The van der Waals surface area contributed by atoms with Crippen LogP contribution in [0.15, 0.2) is 0 Å². The van der Waals surface area contributed by atoms with Crippen molar-refractivity contribution in [1.82, 2.24) is 9.44 Å². The van der Waals surface area contributed by atoms with Crippen LogP contribution < -0.4 is 9.44 Å². The number of hydrogen-bond acceptors (Lipinski definition) is 6. The Bertz CT molecular complexity index is 1030. The van der Waals surface area contributed by atoms with Crippen molar-refractivity contribution in [3.63, 3.8) is 0 Å². The van der Waals surface area contributed by atoms with Crippen LogP contribution in [0.3, 0.4) is 0 Å². The second-order valence-electron chi connectivity index (χ2n) is 11.8. The Hall–Kier alpha value is -1.24. The maximum absolute atomic E-state index is 11.8. The van der Waals surface area contributed by atoms with Crippen molar-refractivity contribution in [3.05, 3.63) is 0 Å². The zero-order valence-corrected chi connectivity index (χ0v) is 21.1. The average molecular weight is 519 g/mol. The first-order valence-electron chi connectivity index (χ1n) is 12.2. The minimum Gasteiger partial charge on any atom is -0.481 e. The summed E-state index contributed by atoms with van der Waals surface area (Å²) in [7, 11) is -6.39. The fourth-order valence-electron chi connectivity index (χ4n) is 6.61. The van der Waals surface area contributed by atoms with Crippen molar-refractivity contribution in [3.8, 4) is 0 Å². The van der Waals surface area contributed by atoms with Gasteiger partial charge in [-0.2, -0.15) is 0 Å². The van der Waals surface area contributed by atoms with Gasteiger partial charge in [-0.05, 0) is 74.0 Å². The Morgan fingerprint density at radius 1 is 0.706 bits per heavy atom. The molecular weight excluding hydrogens is 484 g/mol. The fraction of sp³-hybridized carbons (Fsp3) is 0.909. The lowest BCUT2D eigenvalue weighted by Crippen LogP contribution is -2.38. The Kier molecular flexibility index (Phi) is 5.49. The first kappa shape index (κ1) is 24.5. The van der Waals surface area contributed by atoms with E-state index in [0.717, 1.165) is 38.5 Å². The molecule has 34 heavy (non-hydrogen) atoms. The molecule has 6 aliphatic carbocycles. The van der Waals surface area contributed by atoms with Crippen LogP contribution in [-0.4, -0.2) is 61.6 Å². The molecule has 0 aromatic rings. The van der Waals surface area contributed by atoms with E-state index in [1.165, 1.54) is 0 Å². The molecule has 0 amide bonds. The molecule has 6 rings (SSSR count). The Morgan fingerprint density at radius 3 is 1.26 bits per heavy atom. The molecule has 0 unspecified atom stereocenters. The molecule has 6 fully saturated rings. The van der Waals surface area contributed by atoms with Crippen LogP contribution in [0, 0.1) is 34.5 Å². The van der Waals surface area contributed by atoms with Gasteiger partial charge in [-0.25, -0.2) is 26.3 Å². The standard InChI is InChI=1S/2C11H17NO4S/c2*1-11-5-8(11)9(4-7(11)10(13)14)12-17(15,16)6-2-3-6/h2*6-9,12H,2-5H2,1H3,(H,13,14)/t2*7-,8-,9-,11+/m10/s1. The molecule has 0 aromatic heterocycles. The molecule has 0 spiro atoms. The molecular formula is C22H34N2O8S2. The van der Waals surface area contributed by atoms with Gasteiger partial charge in [0.15, 0.2) is 0 Å². The number of carboxylic acid groups (broad SMARTS) is 2. The van der Waals surface area contributed by atoms with Crippen LogP contribution in [0.1, 0.15) is 65.2 Å². The summed E-state index contributed by atoms with van der Waals surface area (Å²) in [4.78, 5) is 22.2. The minimum absolute atomic E-state index is 0.160. The van der Waals surface area contributed by atoms with Crippen LogP contribution >= 0.6 is 0 Å². The molecule has 6 saturated carbocycles. The van der Waals surface area contributed by atoms with Crippen LogP contribution in [0.5, 0.6) is 0 Å². The molecule has 4 N–H and O–H groups in total. The number of nitrogens with one attached hydrogen (secondary N) is 2. The number of carboxylic acids is 2. The lowest BCUT2D eigenvalue weighted by Gasteiger charge is -2.16. The molecule has 12 heteroatoms. The highest BCUT2D eigenvalue weighted by molar-refractivity contribution is 7.90. The lowest BCUT2D eigenvalue weighted by atomic mass is 9.92. The third-order valence-corrected chi connectivity index (χ3v) is 13.4. The molecule has 0 aliphatic heterocycles. The quantitative estimate of drug-likeness (QED) is 0.371. The molecule has 0 radical (unpaired) electrons. The number of fused-ring (bicyclic) bond motifs is 2. The fourth-order valence-corrected chi connectivity index (χ4v) is 9.87. The van der Waals surface area contributed by atoms with Gasteiger partial charge in [0.1, 0.15) is 0 Å². The number of carbonyl (C=O) groups is 2. The number of rotatable bonds is 8. The molecule has 192 valence electrons. The highest BCUT2D eigenvalue weighted by Gasteiger charge is 2.67. The van der Waals surface area contributed by atoms with Crippen LogP contribution in [0.2, 0.25) is 0 Å². The van der Waals surface area contributed by atoms with Crippen molar-refractivity contribution in [2.75, 3.05) is 0 Å². The van der Waals surface area contributed by atoms with Crippen molar-refractivity contribution < 1.29 is 36.6 Å². The van der Waals surface area contributed by atoms with E-state index in [-0.39, 0.29) is 57.1 Å². The van der Waals surface area contributed by atoms with Crippen molar-refractivity contribution in [2.24, 2.45) is 34.5 Å². The molecule has 0 aromatic carbocycles. The normalized spacial score (nSPS) is 44.4.